The van der Waals surface area contributed by atoms with E-state index in [0.717, 1.165) is 44.2 Å². The molecule has 0 fully saturated rings. The number of nitrogens with zero attached hydrogens (tertiary/aromatic N) is 1. The molecule has 140 valence electrons. The van der Waals surface area contributed by atoms with E-state index in [0.29, 0.717) is 13.2 Å². The number of likely N-dealkylation sites (N-methyl/N-ethyl adjacent to an activating group) is 1. The molecule has 1 aromatic rings. The molecule has 1 rings (SSSR count). The monoisotopic (exact) mass is 378 g/mol. The minimum atomic E-state index is 0. The van der Waals surface area contributed by atoms with Gasteiger partial charge in [0.2, 0.25) is 0 Å². The number of benzene rings is 1. The molecule has 1 N–H and O–H groups in total. The molecule has 0 aromatic heterocycles. The highest BCUT2D eigenvalue weighted by Gasteiger charge is 2.06. The summed E-state index contributed by atoms with van der Waals surface area (Å²) in [5, 5.41) is 3.48. The lowest BCUT2D eigenvalue weighted by Crippen LogP contribution is -2.31. The van der Waals surface area contributed by atoms with Gasteiger partial charge in [0.25, 0.3) is 0 Å². The Bertz CT molecular complexity index is 441. The third-order valence-corrected chi connectivity index (χ3v) is 3.49. The van der Waals surface area contributed by atoms with Crippen molar-refractivity contribution in [1.29, 1.82) is 0 Å². The van der Waals surface area contributed by atoms with Crippen molar-refractivity contribution in [3.8, 4) is 11.5 Å². The summed E-state index contributed by atoms with van der Waals surface area (Å²) >= 11 is 0. The van der Waals surface area contributed by atoms with Crippen LogP contribution in [-0.2, 0) is 6.54 Å². The first-order valence-corrected chi connectivity index (χ1v) is 8.17. The van der Waals surface area contributed by atoms with Crippen LogP contribution in [0.3, 0.4) is 0 Å². The maximum absolute atomic E-state index is 5.66. The van der Waals surface area contributed by atoms with Crippen molar-refractivity contribution in [2.75, 3.05) is 39.4 Å². The highest BCUT2D eigenvalue weighted by molar-refractivity contribution is 5.85. The van der Waals surface area contributed by atoms with Crippen LogP contribution in [0.5, 0.6) is 11.5 Å². The maximum Gasteiger partial charge on any atom is 0.161 e. The third-order valence-electron chi connectivity index (χ3n) is 3.49. The molecule has 0 aliphatic carbocycles. The number of ether oxygens (including phenoxy) is 2. The van der Waals surface area contributed by atoms with Gasteiger partial charge in [-0.3, -0.25) is 0 Å². The minimum absolute atomic E-state index is 0. The van der Waals surface area contributed by atoms with Crippen LogP contribution in [-0.4, -0.2) is 44.3 Å². The fourth-order valence-corrected chi connectivity index (χ4v) is 2.21. The number of rotatable bonds is 12. The first-order chi connectivity index (χ1) is 10.7. The molecule has 0 saturated heterocycles. The lowest BCUT2D eigenvalue weighted by molar-refractivity contribution is 0.296. The SMILES string of the molecule is C=CCOc1ccc(CNCCN(CC)CC)cc1OCC.Cl.Cl. The van der Waals surface area contributed by atoms with Crippen molar-refractivity contribution in [3.05, 3.63) is 36.4 Å². The van der Waals surface area contributed by atoms with Gasteiger partial charge in [0, 0.05) is 19.6 Å². The van der Waals surface area contributed by atoms with E-state index in [1.807, 2.05) is 19.1 Å². The zero-order valence-corrected chi connectivity index (χ0v) is 16.7. The molecule has 0 atom stereocenters. The predicted octanol–water partition coefficient (Wildman–Crippen LogP) is 3.93. The standard InChI is InChI=1S/C18H30N2O2.2ClH/c1-5-13-22-17-10-9-16(14-18(17)21-8-4)15-19-11-12-20(6-2)7-3;;/h5,9-10,14,19H,1,6-8,11-13,15H2,2-4H3;2*1H. The maximum atomic E-state index is 5.66. The zero-order valence-electron chi connectivity index (χ0n) is 15.0. The summed E-state index contributed by atoms with van der Waals surface area (Å²) in [5.41, 5.74) is 1.20. The van der Waals surface area contributed by atoms with Crippen LogP contribution < -0.4 is 14.8 Å². The highest BCUT2D eigenvalue weighted by Crippen LogP contribution is 2.28. The van der Waals surface area contributed by atoms with Gasteiger partial charge in [0.05, 0.1) is 6.61 Å². The highest BCUT2D eigenvalue weighted by atomic mass is 35.5. The molecule has 0 aliphatic rings. The van der Waals surface area contributed by atoms with Crippen molar-refractivity contribution < 1.29 is 9.47 Å². The van der Waals surface area contributed by atoms with Crippen molar-refractivity contribution in [1.82, 2.24) is 10.2 Å². The van der Waals surface area contributed by atoms with Gasteiger partial charge in [-0.25, -0.2) is 0 Å². The Labute approximate surface area is 159 Å². The summed E-state index contributed by atoms with van der Waals surface area (Å²) in [5.74, 6) is 1.57. The van der Waals surface area contributed by atoms with Crippen LogP contribution >= 0.6 is 24.8 Å². The molecule has 24 heavy (non-hydrogen) atoms. The van der Waals surface area contributed by atoms with Crippen molar-refractivity contribution in [3.63, 3.8) is 0 Å². The molecule has 0 aliphatic heterocycles. The average Bonchev–Trinajstić information content (AvgIpc) is 2.54. The van der Waals surface area contributed by atoms with Crippen molar-refractivity contribution >= 4 is 24.8 Å². The van der Waals surface area contributed by atoms with Crippen LogP contribution in [0.1, 0.15) is 26.3 Å². The molecule has 0 amide bonds. The van der Waals surface area contributed by atoms with Gasteiger partial charge >= 0.3 is 0 Å². The Balaban J connectivity index is 0. The molecule has 1 aromatic carbocycles. The largest absolute Gasteiger partial charge is 0.490 e. The summed E-state index contributed by atoms with van der Waals surface area (Å²) in [7, 11) is 0. The quantitative estimate of drug-likeness (QED) is 0.441. The number of halogens is 2. The van der Waals surface area contributed by atoms with Crippen LogP contribution in [0.2, 0.25) is 0 Å². The fourth-order valence-electron chi connectivity index (χ4n) is 2.21. The molecule has 0 spiro atoms. The van der Waals surface area contributed by atoms with Gasteiger partial charge in [0.15, 0.2) is 11.5 Å². The molecule has 0 radical (unpaired) electrons. The van der Waals surface area contributed by atoms with E-state index in [1.54, 1.807) is 6.08 Å². The fraction of sp³-hybridized carbons (Fsp3) is 0.556. The second-order valence-corrected chi connectivity index (χ2v) is 5.02. The van der Waals surface area contributed by atoms with E-state index in [2.05, 4.69) is 36.7 Å². The molecular weight excluding hydrogens is 347 g/mol. The normalized spacial score (nSPS) is 9.83. The average molecular weight is 379 g/mol. The Hall–Kier alpha value is -0.940. The minimum Gasteiger partial charge on any atom is -0.490 e. The van der Waals surface area contributed by atoms with Crippen LogP contribution in [0, 0.1) is 0 Å². The van der Waals surface area contributed by atoms with E-state index >= 15 is 0 Å². The molecule has 0 heterocycles. The van der Waals surface area contributed by atoms with Crippen LogP contribution in [0.4, 0.5) is 0 Å². The van der Waals surface area contributed by atoms with Gasteiger partial charge < -0.3 is 19.7 Å². The van der Waals surface area contributed by atoms with E-state index < -0.39 is 0 Å². The number of hydrogen-bond acceptors (Lipinski definition) is 4. The molecular formula is C18H32Cl2N2O2. The second-order valence-electron chi connectivity index (χ2n) is 5.02. The van der Waals surface area contributed by atoms with Crippen LogP contribution in [0.25, 0.3) is 0 Å². The molecule has 0 bridgehead atoms. The van der Waals surface area contributed by atoms with Gasteiger partial charge in [0.1, 0.15) is 6.61 Å². The first-order valence-electron chi connectivity index (χ1n) is 8.17. The lowest BCUT2D eigenvalue weighted by atomic mass is 10.2. The summed E-state index contributed by atoms with van der Waals surface area (Å²) in [6.07, 6.45) is 1.73. The Morgan fingerprint density at radius 2 is 1.79 bits per heavy atom. The summed E-state index contributed by atoms with van der Waals surface area (Å²) in [6, 6.07) is 6.09. The van der Waals surface area contributed by atoms with Gasteiger partial charge in [-0.05, 0) is 37.7 Å². The smallest absolute Gasteiger partial charge is 0.161 e. The van der Waals surface area contributed by atoms with Gasteiger partial charge in [-0.2, -0.15) is 0 Å². The molecule has 0 unspecified atom stereocenters. The Kier molecular flexibility index (Phi) is 16.4. The third kappa shape index (κ3) is 9.38. The summed E-state index contributed by atoms with van der Waals surface area (Å²) in [4.78, 5) is 2.41. The van der Waals surface area contributed by atoms with E-state index in [4.69, 9.17) is 9.47 Å². The number of nitrogens with one attached hydrogen (secondary N) is 1. The predicted molar refractivity (Wildman–Crippen MR) is 107 cm³/mol. The van der Waals surface area contributed by atoms with Crippen molar-refractivity contribution in [2.24, 2.45) is 0 Å². The summed E-state index contributed by atoms with van der Waals surface area (Å²) < 4.78 is 11.3. The van der Waals surface area contributed by atoms with E-state index in [9.17, 15) is 0 Å². The van der Waals surface area contributed by atoms with Crippen LogP contribution in [0.15, 0.2) is 30.9 Å². The lowest BCUT2D eigenvalue weighted by Gasteiger charge is -2.18. The first kappa shape index (κ1) is 25.3. The zero-order chi connectivity index (χ0) is 16.2. The van der Waals surface area contributed by atoms with Crippen molar-refractivity contribution in [2.45, 2.75) is 27.3 Å². The Morgan fingerprint density at radius 3 is 2.38 bits per heavy atom. The second kappa shape index (κ2) is 15.6. The van der Waals surface area contributed by atoms with E-state index in [1.165, 1.54) is 5.56 Å². The molecule has 6 heteroatoms. The van der Waals surface area contributed by atoms with Gasteiger partial charge in [-0.15, -0.1) is 24.8 Å². The molecule has 0 saturated carbocycles. The molecule has 4 nitrogen and oxygen atoms in total. The summed E-state index contributed by atoms with van der Waals surface area (Å²) in [6.45, 7) is 16.2. The van der Waals surface area contributed by atoms with Gasteiger partial charge in [-0.1, -0.05) is 32.6 Å². The number of hydrogen-bond donors (Lipinski definition) is 1. The van der Waals surface area contributed by atoms with E-state index in [-0.39, 0.29) is 24.8 Å². The Morgan fingerprint density at radius 1 is 1.08 bits per heavy atom. The topological polar surface area (TPSA) is 33.7 Å².